The van der Waals surface area contributed by atoms with E-state index in [0.717, 1.165) is 15.9 Å². The van der Waals surface area contributed by atoms with E-state index in [1.807, 2.05) is 17.5 Å². The van der Waals surface area contributed by atoms with Crippen LogP contribution in [0.15, 0.2) is 40.2 Å². The molecule has 4 heteroatoms. The zero-order chi connectivity index (χ0) is 11.5. The highest BCUT2D eigenvalue weighted by Gasteiger charge is 2.13. The van der Waals surface area contributed by atoms with Crippen LogP contribution in [0.1, 0.15) is 15.3 Å². The zero-order valence-electron chi connectivity index (χ0n) is 8.29. The molecule has 0 bridgehead atoms. The summed E-state index contributed by atoms with van der Waals surface area (Å²) < 4.78 is 1.11. The smallest absolute Gasteiger partial charge is 0.0556 e. The molecule has 84 valence electrons. The Balaban J connectivity index is 2.14. The highest BCUT2D eigenvalue weighted by atomic mass is 79.9. The number of hydrogen-bond donors (Lipinski definition) is 0. The van der Waals surface area contributed by atoms with E-state index in [0.29, 0.717) is 0 Å². The molecule has 0 nitrogen and oxygen atoms in total. The van der Waals surface area contributed by atoms with Crippen molar-refractivity contribution in [3.63, 3.8) is 0 Å². The van der Waals surface area contributed by atoms with Crippen molar-refractivity contribution in [2.24, 2.45) is 0 Å². The van der Waals surface area contributed by atoms with Gasteiger partial charge in [-0.1, -0.05) is 55.6 Å². The van der Waals surface area contributed by atoms with Crippen LogP contribution < -0.4 is 0 Å². The fraction of sp³-hybridized carbons (Fsp3) is 0.167. The molecule has 0 spiro atoms. The second-order valence-electron chi connectivity index (χ2n) is 3.43. The molecule has 16 heavy (non-hydrogen) atoms. The van der Waals surface area contributed by atoms with Gasteiger partial charge in [-0.2, -0.15) is 0 Å². The molecule has 2 aromatic rings. The summed E-state index contributed by atoms with van der Waals surface area (Å²) in [5, 5.41) is 2.87. The van der Waals surface area contributed by atoms with E-state index in [1.54, 1.807) is 11.3 Å². The summed E-state index contributed by atoms with van der Waals surface area (Å²) in [6.45, 7) is 0. The van der Waals surface area contributed by atoms with E-state index in [4.69, 9.17) is 11.6 Å². The molecule has 0 saturated carbocycles. The van der Waals surface area contributed by atoms with Gasteiger partial charge in [0.2, 0.25) is 0 Å². The topological polar surface area (TPSA) is 0 Å². The minimum absolute atomic E-state index is 0.286. The second kappa shape index (κ2) is 5.67. The van der Waals surface area contributed by atoms with E-state index in [9.17, 15) is 0 Å². The Morgan fingerprint density at radius 3 is 2.75 bits per heavy atom. The summed E-state index contributed by atoms with van der Waals surface area (Å²) >= 11 is 15.0. The van der Waals surface area contributed by atoms with Gasteiger partial charge in [0.1, 0.15) is 0 Å². The van der Waals surface area contributed by atoms with Gasteiger partial charge in [0.05, 0.1) is 9.85 Å². The van der Waals surface area contributed by atoms with Gasteiger partial charge < -0.3 is 0 Å². The summed E-state index contributed by atoms with van der Waals surface area (Å²) in [7, 11) is 0. The highest BCUT2D eigenvalue weighted by Crippen LogP contribution is 2.36. The fourth-order valence-corrected chi connectivity index (χ4v) is 4.18. The monoisotopic (exact) mass is 378 g/mol. The number of alkyl halides is 1. The molecule has 0 aliphatic heterocycles. The highest BCUT2D eigenvalue weighted by molar-refractivity contribution is 9.10. The van der Waals surface area contributed by atoms with E-state index in [-0.39, 0.29) is 4.83 Å². The van der Waals surface area contributed by atoms with Crippen molar-refractivity contribution >= 4 is 54.8 Å². The normalized spacial score (nSPS) is 12.7. The van der Waals surface area contributed by atoms with E-state index in [2.05, 4.69) is 50.1 Å². The molecule has 1 atom stereocenters. The molecule has 0 fully saturated rings. The molecule has 0 radical (unpaired) electrons. The standard InChI is InChI=1S/C12H9Br2ClS/c13-9-3-1-2-8(6-9)7-10(14)12-11(15)4-5-16-12/h1-6,10H,7H2. The first-order valence-electron chi connectivity index (χ1n) is 4.78. The van der Waals surface area contributed by atoms with Crippen LogP contribution in [0.5, 0.6) is 0 Å². The summed E-state index contributed by atoms with van der Waals surface area (Å²) in [5.74, 6) is 0. The minimum atomic E-state index is 0.286. The maximum absolute atomic E-state index is 6.10. The molecule has 0 aliphatic carbocycles. The lowest BCUT2D eigenvalue weighted by Gasteiger charge is -2.08. The third-order valence-electron chi connectivity index (χ3n) is 2.23. The van der Waals surface area contributed by atoms with Crippen LogP contribution in [0.3, 0.4) is 0 Å². The van der Waals surface area contributed by atoms with Crippen LogP contribution >= 0.6 is 54.8 Å². The Hall–Kier alpha value is 0.170. The van der Waals surface area contributed by atoms with Crippen LogP contribution in [0.2, 0.25) is 5.02 Å². The third kappa shape index (κ3) is 3.10. The number of benzene rings is 1. The summed E-state index contributed by atoms with van der Waals surface area (Å²) in [6.07, 6.45) is 0.944. The lowest BCUT2D eigenvalue weighted by molar-refractivity contribution is 0.968. The molecular formula is C12H9Br2ClS. The van der Waals surface area contributed by atoms with Crippen LogP contribution in [-0.4, -0.2) is 0 Å². The minimum Gasteiger partial charge on any atom is -0.146 e. The average Bonchev–Trinajstić information content (AvgIpc) is 2.64. The van der Waals surface area contributed by atoms with Crippen LogP contribution in [0.25, 0.3) is 0 Å². The molecule has 0 saturated heterocycles. The Labute approximate surface area is 121 Å². The van der Waals surface area contributed by atoms with Gasteiger partial charge in [-0.25, -0.2) is 0 Å². The summed E-state index contributed by atoms with van der Waals surface area (Å²) in [5.41, 5.74) is 1.29. The molecular weight excluding hydrogens is 371 g/mol. The first kappa shape index (κ1) is 12.6. The first-order valence-corrected chi connectivity index (χ1v) is 7.75. The van der Waals surface area contributed by atoms with E-state index >= 15 is 0 Å². The predicted molar refractivity (Wildman–Crippen MR) is 78.8 cm³/mol. The molecule has 0 amide bonds. The average molecular weight is 381 g/mol. The molecule has 2 rings (SSSR count). The Morgan fingerprint density at radius 2 is 2.12 bits per heavy atom. The summed E-state index contributed by atoms with van der Waals surface area (Å²) in [4.78, 5) is 1.48. The first-order chi connectivity index (χ1) is 7.66. The van der Waals surface area contributed by atoms with Crippen molar-refractivity contribution in [2.45, 2.75) is 11.2 Å². The van der Waals surface area contributed by atoms with Gasteiger partial charge in [0.25, 0.3) is 0 Å². The van der Waals surface area contributed by atoms with Gasteiger partial charge in [-0.15, -0.1) is 11.3 Å². The Morgan fingerprint density at radius 1 is 1.31 bits per heavy atom. The van der Waals surface area contributed by atoms with E-state index in [1.165, 1.54) is 10.4 Å². The Kier molecular flexibility index (Phi) is 4.48. The van der Waals surface area contributed by atoms with Crippen LogP contribution in [0.4, 0.5) is 0 Å². The predicted octanol–water partition coefficient (Wildman–Crippen LogP) is 5.84. The van der Waals surface area contributed by atoms with Gasteiger partial charge >= 0.3 is 0 Å². The third-order valence-corrected chi connectivity index (χ3v) is 5.28. The van der Waals surface area contributed by atoms with Crippen LogP contribution in [0, 0.1) is 0 Å². The molecule has 1 heterocycles. The van der Waals surface area contributed by atoms with Gasteiger partial charge in [0, 0.05) is 9.35 Å². The quantitative estimate of drug-likeness (QED) is 0.587. The van der Waals surface area contributed by atoms with Gasteiger partial charge in [0.15, 0.2) is 0 Å². The lowest BCUT2D eigenvalue weighted by Crippen LogP contribution is -1.93. The number of hydrogen-bond acceptors (Lipinski definition) is 1. The molecule has 0 aliphatic rings. The van der Waals surface area contributed by atoms with Crippen molar-refractivity contribution in [2.75, 3.05) is 0 Å². The van der Waals surface area contributed by atoms with E-state index < -0.39 is 0 Å². The van der Waals surface area contributed by atoms with Crippen LogP contribution in [-0.2, 0) is 6.42 Å². The second-order valence-corrected chi connectivity index (χ2v) is 6.81. The molecule has 0 N–H and O–H groups in total. The van der Waals surface area contributed by atoms with Crippen molar-refractivity contribution in [3.05, 3.63) is 55.6 Å². The van der Waals surface area contributed by atoms with Gasteiger partial charge in [-0.3, -0.25) is 0 Å². The van der Waals surface area contributed by atoms with Crippen molar-refractivity contribution in [1.82, 2.24) is 0 Å². The number of thiophene rings is 1. The summed E-state index contributed by atoms with van der Waals surface area (Å²) in [6, 6.07) is 10.3. The lowest BCUT2D eigenvalue weighted by atomic mass is 10.1. The maximum Gasteiger partial charge on any atom is 0.0556 e. The maximum atomic E-state index is 6.10. The Bertz CT molecular complexity index is 481. The van der Waals surface area contributed by atoms with Crippen molar-refractivity contribution < 1.29 is 0 Å². The molecule has 1 aromatic carbocycles. The molecule has 1 unspecified atom stereocenters. The SMILES string of the molecule is Clc1ccsc1C(Br)Cc1cccc(Br)c1. The van der Waals surface area contributed by atoms with Crippen molar-refractivity contribution in [1.29, 1.82) is 0 Å². The molecule has 1 aromatic heterocycles. The van der Waals surface area contributed by atoms with Crippen molar-refractivity contribution in [3.8, 4) is 0 Å². The fourth-order valence-electron chi connectivity index (χ4n) is 1.49. The number of rotatable bonds is 3. The zero-order valence-corrected chi connectivity index (χ0v) is 13.0. The largest absolute Gasteiger partial charge is 0.146 e. The van der Waals surface area contributed by atoms with Gasteiger partial charge in [-0.05, 0) is 35.6 Å². The number of halogens is 3.